The first-order valence-electron chi connectivity index (χ1n) is 12.4. The number of rotatable bonds is 6. The van der Waals surface area contributed by atoms with E-state index in [1.165, 1.54) is 0 Å². The number of fused-ring (bicyclic) bond motifs is 2. The van der Waals surface area contributed by atoms with Crippen molar-refractivity contribution in [1.29, 1.82) is 0 Å². The van der Waals surface area contributed by atoms with Crippen molar-refractivity contribution in [3.05, 3.63) is 53.6 Å². The number of unbranched alkanes of at least 4 members (excludes halogenated alkanes) is 2. The van der Waals surface area contributed by atoms with Crippen molar-refractivity contribution in [3.63, 3.8) is 0 Å². The number of carbonyl (C=O) groups excluding carboxylic acids is 3. The number of para-hydroxylation sites is 1. The molecule has 1 aromatic carbocycles. The van der Waals surface area contributed by atoms with Crippen molar-refractivity contribution in [2.24, 2.45) is 11.8 Å². The average molecular weight is 481 g/mol. The first-order chi connectivity index (χ1) is 16.9. The minimum absolute atomic E-state index is 0.0803. The molecule has 0 saturated carbocycles. The van der Waals surface area contributed by atoms with Crippen molar-refractivity contribution in [1.82, 2.24) is 4.90 Å². The van der Waals surface area contributed by atoms with Crippen LogP contribution in [0.2, 0.25) is 0 Å². The van der Waals surface area contributed by atoms with Gasteiger partial charge in [-0.2, -0.15) is 0 Å². The largest absolute Gasteiger partial charge is 0.461 e. The third kappa shape index (κ3) is 3.70. The summed E-state index contributed by atoms with van der Waals surface area (Å²) in [5, 5.41) is 9.18. The molecule has 8 heteroatoms. The van der Waals surface area contributed by atoms with Crippen LogP contribution in [0.15, 0.2) is 42.5 Å². The van der Waals surface area contributed by atoms with Crippen molar-refractivity contribution in [3.8, 4) is 0 Å². The second kappa shape index (κ2) is 9.24. The number of esters is 1. The number of benzene rings is 1. The topological polar surface area (TPSA) is 96.4 Å². The van der Waals surface area contributed by atoms with Crippen LogP contribution in [0, 0.1) is 25.7 Å². The Morgan fingerprint density at radius 2 is 1.83 bits per heavy atom. The van der Waals surface area contributed by atoms with Gasteiger partial charge in [-0.1, -0.05) is 36.4 Å². The molecular formula is C27H32N2O6. The third-order valence-electron chi connectivity index (χ3n) is 7.68. The highest BCUT2D eigenvalue weighted by Crippen LogP contribution is 2.53. The summed E-state index contributed by atoms with van der Waals surface area (Å²) in [6, 6.07) is 5.02. The number of hydrogen-bond acceptors (Lipinski definition) is 6. The first kappa shape index (κ1) is 23.8. The number of ether oxygens (including phenoxy) is 2. The summed E-state index contributed by atoms with van der Waals surface area (Å²) >= 11 is 0. The fraction of sp³-hybridized carbons (Fsp3) is 0.519. The number of aryl methyl sites for hydroxylation is 2. The Bertz CT molecular complexity index is 1080. The van der Waals surface area contributed by atoms with Gasteiger partial charge >= 0.3 is 5.97 Å². The maximum atomic E-state index is 14.3. The van der Waals surface area contributed by atoms with Gasteiger partial charge in [0.25, 0.3) is 5.91 Å². The predicted octanol–water partition coefficient (Wildman–Crippen LogP) is 2.06. The molecule has 5 rings (SSSR count). The molecule has 0 radical (unpaired) electrons. The van der Waals surface area contributed by atoms with Gasteiger partial charge in [0.05, 0.1) is 12.0 Å². The highest BCUT2D eigenvalue weighted by Gasteiger charge is 2.71. The molecule has 8 nitrogen and oxygen atoms in total. The molecule has 1 spiro atoms. The molecule has 4 heterocycles. The Kier molecular flexibility index (Phi) is 6.27. The molecule has 0 aliphatic carbocycles. The Morgan fingerprint density at radius 1 is 1.06 bits per heavy atom. The van der Waals surface area contributed by atoms with E-state index in [4.69, 9.17) is 9.47 Å². The zero-order valence-corrected chi connectivity index (χ0v) is 20.2. The maximum Gasteiger partial charge on any atom is 0.313 e. The lowest BCUT2D eigenvalue weighted by atomic mass is 9.78. The van der Waals surface area contributed by atoms with Gasteiger partial charge in [0.2, 0.25) is 5.91 Å². The van der Waals surface area contributed by atoms with E-state index in [-0.39, 0.29) is 25.0 Å². The standard InChI is InChI=1S/C27H32N2O6/c1-17-9-6-10-18(2)22(17)28-14-8-12-27-21(20-19(35-27)11-7-16-34-26(20)33)24(31)29(23(27)25(28)32)13-4-3-5-15-30/h6-12,19-21,23,30H,3-5,13-16H2,1-2H3/t19-,20+,21-,23?,27-/m0/s1. The van der Waals surface area contributed by atoms with Gasteiger partial charge in [-0.05, 0) is 50.3 Å². The third-order valence-corrected chi connectivity index (χ3v) is 7.68. The van der Waals surface area contributed by atoms with Crippen LogP contribution in [0.5, 0.6) is 0 Å². The van der Waals surface area contributed by atoms with Crippen LogP contribution in [0.3, 0.4) is 0 Å². The summed E-state index contributed by atoms with van der Waals surface area (Å²) in [4.78, 5) is 44.5. The number of carbonyl (C=O) groups is 3. The Balaban J connectivity index is 1.59. The van der Waals surface area contributed by atoms with E-state index in [2.05, 4.69) is 0 Å². The molecule has 0 aromatic heterocycles. The zero-order chi connectivity index (χ0) is 24.7. The van der Waals surface area contributed by atoms with Crippen molar-refractivity contribution in [2.75, 3.05) is 31.2 Å². The second-order valence-corrected chi connectivity index (χ2v) is 9.81. The summed E-state index contributed by atoms with van der Waals surface area (Å²) in [5.74, 6) is -2.55. The molecule has 1 unspecified atom stereocenters. The molecule has 2 fully saturated rings. The SMILES string of the molecule is Cc1cccc(C)c1N1CC=C[C@]23O[C@H]4C=CCOC(=O)[C@H]4[C@H]2C(=O)N(CCCCCO)C3C1=O. The summed E-state index contributed by atoms with van der Waals surface area (Å²) in [5.41, 5.74) is 1.54. The zero-order valence-electron chi connectivity index (χ0n) is 20.2. The number of anilines is 1. The average Bonchev–Trinajstić information content (AvgIpc) is 3.12. The molecule has 4 aliphatic rings. The van der Waals surface area contributed by atoms with Crippen LogP contribution < -0.4 is 4.90 Å². The number of likely N-dealkylation sites (tertiary alicyclic amines) is 1. The fourth-order valence-corrected chi connectivity index (χ4v) is 6.21. The molecule has 1 aromatic rings. The molecule has 2 saturated heterocycles. The van der Waals surface area contributed by atoms with Gasteiger partial charge in [0.1, 0.15) is 24.2 Å². The summed E-state index contributed by atoms with van der Waals surface area (Å²) in [6.07, 6.45) is 8.62. The normalized spacial score (nSPS) is 31.7. The lowest BCUT2D eigenvalue weighted by Crippen LogP contribution is -2.55. The minimum atomic E-state index is -1.24. The highest BCUT2D eigenvalue weighted by molar-refractivity contribution is 6.06. The van der Waals surface area contributed by atoms with E-state index in [9.17, 15) is 19.5 Å². The van der Waals surface area contributed by atoms with E-state index in [0.717, 1.165) is 23.2 Å². The maximum absolute atomic E-state index is 14.3. The van der Waals surface area contributed by atoms with Crippen LogP contribution in [-0.2, 0) is 23.9 Å². The number of amides is 2. The number of aliphatic hydroxyl groups is 1. The molecule has 4 aliphatic heterocycles. The van der Waals surface area contributed by atoms with Crippen molar-refractivity contribution >= 4 is 23.5 Å². The quantitative estimate of drug-likeness (QED) is 0.380. The molecular weight excluding hydrogens is 448 g/mol. The van der Waals surface area contributed by atoms with E-state index < -0.39 is 35.6 Å². The summed E-state index contributed by atoms with van der Waals surface area (Å²) < 4.78 is 11.9. The van der Waals surface area contributed by atoms with Crippen LogP contribution in [-0.4, -0.2) is 71.8 Å². The van der Waals surface area contributed by atoms with Gasteiger partial charge in [-0.15, -0.1) is 0 Å². The fourth-order valence-electron chi connectivity index (χ4n) is 6.21. The Labute approximate surface area is 205 Å². The van der Waals surface area contributed by atoms with Crippen LogP contribution in [0.4, 0.5) is 5.69 Å². The molecule has 2 amide bonds. The van der Waals surface area contributed by atoms with Gasteiger partial charge in [-0.25, -0.2) is 0 Å². The predicted molar refractivity (Wildman–Crippen MR) is 129 cm³/mol. The van der Waals surface area contributed by atoms with Crippen LogP contribution in [0.1, 0.15) is 30.4 Å². The molecule has 1 N–H and O–H groups in total. The summed E-state index contributed by atoms with van der Waals surface area (Å²) in [7, 11) is 0. The van der Waals surface area contributed by atoms with Crippen LogP contribution >= 0.6 is 0 Å². The van der Waals surface area contributed by atoms with E-state index >= 15 is 0 Å². The van der Waals surface area contributed by atoms with E-state index in [0.29, 0.717) is 25.9 Å². The van der Waals surface area contributed by atoms with Crippen LogP contribution in [0.25, 0.3) is 0 Å². The molecule has 186 valence electrons. The number of hydrogen-bond donors (Lipinski definition) is 1. The van der Waals surface area contributed by atoms with Gasteiger partial charge < -0.3 is 24.4 Å². The number of nitrogens with zero attached hydrogens (tertiary/aromatic N) is 2. The number of cyclic esters (lactones) is 1. The molecule has 35 heavy (non-hydrogen) atoms. The minimum Gasteiger partial charge on any atom is -0.461 e. The van der Waals surface area contributed by atoms with E-state index in [1.807, 2.05) is 44.2 Å². The van der Waals surface area contributed by atoms with Gasteiger partial charge in [0.15, 0.2) is 0 Å². The lowest BCUT2D eigenvalue weighted by molar-refractivity contribution is -0.152. The van der Waals surface area contributed by atoms with Gasteiger partial charge in [0, 0.05) is 25.4 Å². The molecule has 0 bridgehead atoms. The summed E-state index contributed by atoms with van der Waals surface area (Å²) in [6.45, 7) is 4.87. The first-order valence-corrected chi connectivity index (χ1v) is 12.4. The van der Waals surface area contributed by atoms with Crippen molar-refractivity contribution in [2.45, 2.75) is 50.9 Å². The second-order valence-electron chi connectivity index (χ2n) is 9.81. The lowest BCUT2D eigenvalue weighted by Gasteiger charge is -2.36. The van der Waals surface area contributed by atoms with Crippen molar-refractivity contribution < 1.29 is 29.0 Å². The molecule has 5 atom stereocenters. The highest BCUT2D eigenvalue weighted by atomic mass is 16.6. The number of aliphatic hydroxyl groups excluding tert-OH is 1. The Hall–Kier alpha value is -2.97. The monoisotopic (exact) mass is 480 g/mol. The van der Waals surface area contributed by atoms with E-state index in [1.54, 1.807) is 22.0 Å². The van der Waals surface area contributed by atoms with Gasteiger partial charge in [-0.3, -0.25) is 14.4 Å². The smallest absolute Gasteiger partial charge is 0.313 e. The Morgan fingerprint density at radius 3 is 2.57 bits per heavy atom.